The molecular weight excluding hydrogens is 338 g/mol. The normalized spacial score (nSPS) is 10.6. The van der Waals surface area contributed by atoms with Crippen molar-refractivity contribution >= 4 is 29.0 Å². The molecule has 1 heterocycles. The molecule has 0 fully saturated rings. The molecule has 1 aromatic carbocycles. The second-order valence-electron chi connectivity index (χ2n) is 4.80. The van der Waals surface area contributed by atoms with E-state index in [0.717, 1.165) is 0 Å². The Kier molecular flexibility index (Phi) is 6.28. The Morgan fingerprint density at radius 2 is 2.08 bits per heavy atom. The molecule has 2 aromatic rings. The van der Waals surface area contributed by atoms with Gasteiger partial charge in [0, 0.05) is 12.7 Å². The quantitative estimate of drug-likeness (QED) is 0.432. The topological polar surface area (TPSA) is 144 Å². The molecule has 10 heteroatoms. The second-order valence-corrected chi connectivity index (χ2v) is 4.80. The lowest BCUT2D eigenvalue weighted by Gasteiger charge is -2.06. The molecule has 0 unspecified atom stereocenters. The van der Waals surface area contributed by atoms with Crippen molar-refractivity contribution in [3.63, 3.8) is 0 Å². The van der Waals surface area contributed by atoms with Crippen molar-refractivity contribution < 1.29 is 14.3 Å². The fourth-order valence-corrected chi connectivity index (χ4v) is 1.90. The third-order valence-corrected chi connectivity index (χ3v) is 3.11. The van der Waals surface area contributed by atoms with E-state index in [1.165, 1.54) is 13.4 Å². The van der Waals surface area contributed by atoms with E-state index in [9.17, 15) is 9.59 Å². The molecule has 0 saturated heterocycles. The maximum absolute atomic E-state index is 12.1. The van der Waals surface area contributed by atoms with Gasteiger partial charge in [-0.15, -0.1) is 0 Å². The molecule has 0 aliphatic heterocycles. The number of hydrazone groups is 1. The minimum atomic E-state index is -0.707. The van der Waals surface area contributed by atoms with E-state index in [1.807, 2.05) is 6.92 Å². The number of aromatic nitrogens is 2. The number of nitriles is 1. The van der Waals surface area contributed by atoms with Gasteiger partial charge in [0.1, 0.15) is 17.5 Å². The third-order valence-electron chi connectivity index (χ3n) is 3.11. The molecule has 0 saturated carbocycles. The molecule has 0 aliphatic carbocycles. The molecule has 0 atom stereocenters. The molecular formula is C16H17N7O3. The molecule has 0 spiro atoms. The van der Waals surface area contributed by atoms with Crippen molar-refractivity contribution in [1.29, 1.82) is 5.26 Å². The number of H-pyrrole nitrogens is 1. The van der Waals surface area contributed by atoms with E-state index in [0.29, 0.717) is 18.0 Å². The summed E-state index contributed by atoms with van der Waals surface area (Å²) in [6.45, 7) is 2.40. The Labute approximate surface area is 149 Å². The fraction of sp³-hybridized carbons (Fsp3) is 0.188. The van der Waals surface area contributed by atoms with Gasteiger partial charge in [-0.1, -0.05) is 0 Å². The summed E-state index contributed by atoms with van der Waals surface area (Å²) in [5.41, 5.74) is 2.61. The highest BCUT2D eigenvalue weighted by Crippen LogP contribution is 2.15. The summed E-state index contributed by atoms with van der Waals surface area (Å²) in [6.07, 6.45) is 1.29. The van der Waals surface area contributed by atoms with Crippen LogP contribution in [-0.4, -0.2) is 41.1 Å². The number of hydrogen-bond acceptors (Lipinski definition) is 7. The van der Waals surface area contributed by atoms with Crippen LogP contribution in [0.2, 0.25) is 0 Å². The van der Waals surface area contributed by atoms with Crippen molar-refractivity contribution in [3.05, 3.63) is 36.3 Å². The zero-order valence-corrected chi connectivity index (χ0v) is 14.2. The van der Waals surface area contributed by atoms with E-state index in [-0.39, 0.29) is 11.5 Å². The van der Waals surface area contributed by atoms with Gasteiger partial charge in [0.25, 0.3) is 11.8 Å². The van der Waals surface area contributed by atoms with Gasteiger partial charge in [0.15, 0.2) is 5.82 Å². The standard InChI is InChI=1S/C16H17N7O3/c1-3-26-11-6-4-10(5-7-11)21-15(24)12(8-17)22-23-14-13(16(25)18-2)19-9-20-14/h4-7,9,23H,3H2,1-2H3,(H,18,25)(H,19,20)(H,21,24)/b22-12-. The molecule has 10 nitrogen and oxygen atoms in total. The fourth-order valence-electron chi connectivity index (χ4n) is 1.90. The Balaban J connectivity index is 2.06. The van der Waals surface area contributed by atoms with Gasteiger partial charge in [-0.2, -0.15) is 10.4 Å². The van der Waals surface area contributed by atoms with E-state index in [2.05, 4.69) is 31.1 Å². The molecule has 26 heavy (non-hydrogen) atoms. The Hall–Kier alpha value is -3.87. The molecule has 0 bridgehead atoms. The largest absolute Gasteiger partial charge is 0.494 e. The van der Waals surface area contributed by atoms with E-state index in [4.69, 9.17) is 10.00 Å². The van der Waals surface area contributed by atoms with Gasteiger partial charge in [-0.3, -0.25) is 15.0 Å². The highest BCUT2D eigenvalue weighted by atomic mass is 16.5. The molecule has 1 aromatic heterocycles. The second kappa shape index (κ2) is 8.84. The number of amides is 2. The first-order chi connectivity index (χ1) is 12.6. The van der Waals surface area contributed by atoms with Crippen molar-refractivity contribution in [1.82, 2.24) is 15.3 Å². The van der Waals surface area contributed by atoms with Gasteiger partial charge < -0.3 is 20.4 Å². The lowest BCUT2D eigenvalue weighted by Crippen LogP contribution is -2.23. The summed E-state index contributed by atoms with van der Waals surface area (Å²) in [6, 6.07) is 8.36. The smallest absolute Gasteiger partial charge is 0.287 e. The maximum atomic E-state index is 12.1. The summed E-state index contributed by atoms with van der Waals surface area (Å²) >= 11 is 0. The number of anilines is 2. The molecule has 2 amide bonds. The molecule has 2 rings (SSSR count). The van der Waals surface area contributed by atoms with Crippen LogP contribution >= 0.6 is 0 Å². The Morgan fingerprint density at radius 1 is 1.35 bits per heavy atom. The van der Waals surface area contributed by atoms with Crippen LogP contribution in [0.25, 0.3) is 0 Å². The molecule has 0 aliphatic rings. The zero-order chi connectivity index (χ0) is 18.9. The van der Waals surface area contributed by atoms with E-state index in [1.54, 1.807) is 30.3 Å². The summed E-state index contributed by atoms with van der Waals surface area (Å²) in [7, 11) is 1.46. The summed E-state index contributed by atoms with van der Waals surface area (Å²) in [5.74, 6) is -0.369. The summed E-state index contributed by atoms with van der Waals surface area (Å²) in [4.78, 5) is 30.3. The molecule has 134 valence electrons. The molecule has 4 N–H and O–H groups in total. The van der Waals surface area contributed by atoms with Gasteiger partial charge in [-0.25, -0.2) is 4.98 Å². The monoisotopic (exact) mass is 355 g/mol. The van der Waals surface area contributed by atoms with Gasteiger partial charge >= 0.3 is 0 Å². The number of rotatable bonds is 7. The number of nitrogens with one attached hydrogen (secondary N) is 4. The SMILES string of the molecule is CCOc1ccc(NC(=O)/C(C#N)=N\Nc2nc[nH]c2C(=O)NC)cc1. The number of ether oxygens (including phenoxy) is 1. The predicted octanol–water partition coefficient (Wildman–Crippen LogP) is 1.10. The molecule has 0 radical (unpaired) electrons. The maximum Gasteiger partial charge on any atom is 0.287 e. The summed E-state index contributed by atoms with van der Waals surface area (Å²) < 4.78 is 5.31. The number of hydrogen-bond donors (Lipinski definition) is 4. The number of benzene rings is 1. The van der Waals surface area contributed by atoms with Crippen LogP contribution in [0.3, 0.4) is 0 Å². The number of aromatic amines is 1. The van der Waals surface area contributed by atoms with Gasteiger partial charge in [0.2, 0.25) is 5.71 Å². The van der Waals surface area contributed by atoms with Crippen molar-refractivity contribution in [2.45, 2.75) is 6.92 Å². The van der Waals surface area contributed by atoms with Crippen molar-refractivity contribution in [3.8, 4) is 11.8 Å². The lowest BCUT2D eigenvalue weighted by molar-refractivity contribution is -0.110. The van der Waals surface area contributed by atoms with Crippen molar-refractivity contribution in [2.75, 3.05) is 24.4 Å². The zero-order valence-electron chi connectivity index (χ0n) is 14.2. The number of nitrogens with zero attached hydrogens (tertiary/aromatic N) is 3. The number of imidazole rings is 1. The van der Waals surface area contributed by atoms with Crippen LogP contribution in [0.15, 0.2) is 35.7 Å². The van der Waals surface area contributed by atoms with Crippen LogP contribution in [0.4, 0.5) is 11.5 Å². The summed E-state index contributed by atoms with van der Waals surface area (Å²) in [5, 5.41) is 17.8. The first-order valence-corrected chi connectivity index (χ1v) is 7.62. The minimum absolute atomic E-state index is 0.0889. The Bertz CT molecular complexity index is 849. The van der Waals surface area contributed by atoms with Gasteiger partial charge in [0.05, 0.1) is 12.9 Å². The van der Waals surface area contributed by atoms with Crippen molar-refractivity contribution in [2.24, 2.45) is 5.10 Å². The van der Waals surface area contributed by atoms with Crippen LogP contribution in [0.5, 0.6) is 5.75 Å². The number of carbonyl (C=O) groups excluding carboxylic acids is 2. The van der Waals surface area contributed by atoms with Crippen LogP contribution in [-0.2, 0) is 4.79 Å². The Morgan fingerprint density at radius 3 is 2.69 bits per heavy atom. The highest BCUT2D eigenvalue weighted by molar-refractivity contribution is 6.48. The van der Waals surface area contributed by atoms with Crippen LogP contribution < -0.4 is 20.8 Å². The first-order valence-electron chi connectivity index (χ1n) is 7.62. The number of carbonyl (C=O) groups is 2. The van der Waals surface area contributed by atoms with Gasteiger partial charge in [-0.05, 0) is 31.2 Å². The lowest BCUT2D eigenvalue weighted by atomic mass is 10.3. The van der Waals surface area contributed by atoms with Crippen LogP contribution in [0, 0.1) is 11.3 Å². The first kappa shape index (κ1) is 18.5. The minimum Gasteiger partial charge on any atom is -0.494 e. The average Bonchev–Trinajstić information content (AvgIpc) is 3.12. The highest BCUT2D eigenvalue weighted by Gasteiger charge is 2.15. The third kappa shape index (κ3) is 4.57. The predicted molar refractivity (Wildman–Crippen MR) is 94.9 cm³/mol. The van der Waals surface area contributed by atoms with E-state index < -0.39 is 17.5 Å². The van der Waals surface area contributed by atoms with Crippen LogP contribution in [0.1, 0.15) is 17.4 Å². The average molecular weight is 355 g/mol. The van der Waals surface area contributed by atoms with E-state index >= 15 is 0 Å².